The second-order valence-corrected chi connectivity index (χ2v) is 7.18. The third-order valence-electron chi connectivity index (χ3n) is 2.26. The predicted molar refractivity (Wildman–Crippen MR) is 84.8 cm³/mol. The zero-order valence-corrected chi connectivity index (χ0v) is 13.3. The van der Waals surface area contributed by atoms with Crippen LogP contribution in [0.5, 0.6) is 5.75 Å². The molecule has 0 aliphatic rings. The Morgan fingerprint density at radius 1 is 1.40 bits per heavy atom. The predicted octanol–water partition coefficient (Wildman–Crippen LogP) is 2.37. The third kappa shape index (κ3) is 4.86. The van der Waals surface area contributed by atoms with E-state index in [4.69, 9.17) is 10.5 Å². The van der Waals surface area contributed by atoms with Crippen molar-refractivity contribution in [2.75, 3.05) is 24.3 Å². The number of thioether (sulfide) groups is 2. The van der Waals surface area contributed by atoms with Crippen LogP contribution in [0.2, 0.25) is 0 Å². The van der Waals surface area contributed by atoms with E-state index in [1.807, 2.05) is 18.4 Å². The second kappa shape index (κ2) is 7.72. The van der Waals surface area contributed by atoms with Gasteiger partial charge in [0.25, 0.3) is 0 Å². The van der Waals surface area contributed by atoms with E-state index in [0.717, 1.165) is 8.68 Å². The standard InChI is InChI=1S/C12H15N3O2S3/c1-18-11-14-15-12(20-11)19-7-9(16)6-17-10-4-2-3-8(13)5-10/h2-5,9,16H,6-7,13H2,1H3. The Hall–Kier alpha value is -0.960. The van der Waals surface area contributed by atoms with Crippen molar-refractivity contribution < 1.29 is 9.84 Å². The lowest BCUT2D eigenvalue weighted by molar-refractivity contribution is 0.126. The van der Waals surface area contributed by atoms with E-state index in [-0.39, 0.29) is 6.61 Å². The van der Waals surface area contributed by atoms with Crippen molar-refractivity contribution in [3.05, 3.63) is 24.3 Å². The Kier molecular flexibility index (Phi) is 5.96. The average Bonchev–Trinajstić information content (AvgIpc) is 2.91. The Morgan fingerprint density at radius 2 is 2.20 bits per heavy atom. The molecule has 0 aliphatic carbocycles. The summed E-state index contributed by atoms with van der Waals surface area (Å²) in [6.45, 7) is 0.227. The lowest BCUT2D eigenvalue weighted by atomic mass is 10.3. The van der Waals surface area contributed by atoms with Crippen LogP contribution in [0.4, 0.5) is 5.69 Å². The molecule has 0 radical (unpaired) electrons. The molecule has 0 saturated heterocycles. The smallest absolute Gasteiger partial charge is 0.175 e. The SMILES string of the molecule is CSc1nnc(SCC(O)COc2cccc(N)c2)s1. The van der Waals surface area contributed by atoms with Gasteiger partial charge in [0.2, 0.25) is 0 Å². The first-order chi connectivity index (χ1) is 9.67. The molecule has 8 heteroatoms. The summed E-state index contributed by atoms with van der Waals surface area (Å²) in [5, 5.41) is 17.9. The molecule has 108 valence electrons. The van der Waals surface area contributed by atoms with Gasteiger partial charge in [0.1, 0.15) is 12.4 Å². The number of hydrogen-bond acceptors (Lipinski definition) is 8. The molecule has 2 rings (SSSR count). The van der Waals surface area contributed by atoms with Gasteiger partial charge in [-0.2, -0.15) is 0 Å². The van der Waals surface area contributed by atoms with Crippen LogP contribution in [0.15, 0.2) is 32.9 Å². The van der Waals surface area contributed by atoms with E-state index in [9.17, 15) is 5.11 Å². The maximum Gasteiger partial charge on any atom is 0.175 e. The summed E-state index contributed by atoms with van der Waals surface area (Å²) in [4.78, 5) is 0. The minimum Gasteiger partial charge on any atom is -0.491 e. The number of aromatic nitrogens is 2. The van der Waals surface area contributed by atoms with Gasteiger partial charge in [0.05, 0.1) is 6.10 Å². The zero-order valence-electron chi connectivity index (χ0n) is 10.9. The Morgan fingerprint density at radius 3 is 2.90 bits per heavy atom. The highest BCUT2D eigenvalue weighted by Crippen LogP contribution is 2.27. The van der Waals surface area contributed by atoms with Crippen LogP contribution in [-0.2, 0) is 0 Å². The molecular weight excluding hydrogens is 314 g/mol. The Labute approximate surface area is 129 Å². The molecule has 1 aromatic heterocycles. The summed E-state index contributed by atoms with van der Waals surface area (Å²) in [6, 6.07) is 7.15. The molecule has 20 heavy (non-hydrogen) atoms. The van der Waals surface area contributed by atoms with Gasteiger partial charge < -0.3 is 15.6 Å². The molecule has 0 bridgehead atoms. The number of hydrogen-bond donors (Lipinski definition) is 2. The molecule has 0 saturated carbocycles. The summed E-state index contributed by atoms with van der Waals surface area (Å²) in [7, 11) is 0. The van der Waals surface area contributed by atoms with Gasteiger partial charge in [0.15, 0.2) is 8.68 Å². The van der Waals surface area contributed by atoms with Crippen LogP contribution in [0.3, 0.4) is 0 Å². The number of nitrogens with two attached hydrogens (primary N) is 1. The highest BCUT2D eigenvalue weighted by Gasteiger charge is 2.09. The van der Waals surface area contributed by atoms with Crippen LogP contribution in [0.25, 0.3) is 0 Å². The largest absolute Gasteiger partial charge is 0.491 e. The van der Waals surface area contributed by atoms with Crippen LogP contribution in [0, 0.1) is 0 Å². The normalized spacial score (nSPS) is 12.3. The van der Waals surface area contributed by atoms with E-state index >= 15 is 0 Å². The number of benzene rings is 1. The molecule has 1 heterocycles. The molecule has 0 amide bonds. The molecule has 5 nitrogen and oxygen atoms in total. The number of nitrogen functional groups attached to an aromatic ring is 1. The van der Waals surface area contributed by atoms with E-state index < -0.39 is 6.10 Å². The molecule has 1 atom stereocenters. The summed E-state index contributed by atoms with van der Waals surface area (Å²) in [5.41, 5.74) is 6.30. The van der Waals surface area contributed by atoms with Gasteiger partial charge in [-0.3, -0.25) is 0 Å². The third-order valence-corrected chi connectivity index (χ3v) is 5.44. The summed E-state index contributed by atoms with van der Waals surface area (Å²) in [6.07, 6.45) is 1.39. The Bertz CT molecular complexity index is 550. The average molecular weight is 329 g/mol. The van der Waals surface area contributed by atoms with Crippen molar-refractivity contribution >= 4 is 40.5 Å². The first-order valence-corrected chi connectivity index (χ1v) is 8.87. The quantitative estimate of drug-likeness (QED) is 0.596. The van der Waals surface area contributed by atoms with Gasteiger partial charge in [-0.25, -0.2) is 0 Å². The number of nitrogens with zero attached hydrogens (tertiary/aromatic N) is 2. The van der Waals surface area contributed by atoms with Crippen LogP contribution >= 0.6 is 34.9 Å². The van der Waals surface area contributed by atoms with Crippen molar-refractivity contribution in [2.45, 2.75) is 14.8 Å². The topological polar surface area (TPSA) is 81.3 Å². The van der Waals surface area contributed by atoms with Gasteiger partial charge >= 0.3 is 0 Å². The van der Waals surface area contributed by atoms with Crippen LogP contribution < -0.4 is 10.5 Å². The second-order valence-electron chi connectivity index (χ2n) is 3.89. The molecule has 1 aromatic carbocycles. The molecule has 1 unspecified atom stereocenters. The van der Waals surface area contributed by atoms with Gasteiger partial charge in [-0.1, -0.05) is 40.9 Å². The highest BCUT2D eigenvalue weighted by atomic mass is 32.2. The fraction of sp³-hybridized carbons (Fsp3) is 0.333. The number of ether oxygens (including phenoxy) is 1. The fourth-order valence-electron chi connectivity index (χ4n) is 1.35. The van der Waals surface area contributed by atoms with Gasteiger partial charge in [0, 0.05) is 17.5 Å². The lowest BCUT2D eigenvalue weighted by Crippen LogP contribution is -2.20. The van der Waals surface area contributed by atoms with E-state index in [2.05, 4.69) is 10.2 Å². The molecule has 3 N–H and O–H groups in total. The maximum atomic E-state index is 9.88. The number of rotatable bonds is 7. The number of aliphatic hydroxyl groups is 1. The van der Waals surface area contributed by atoms with Gasteiger partial charge in [-0.05, 0) is 18.4 Å². The van der Waals surface area contributed by atoms with E-state index in [1.165, 1.54) is 23.1 Å². The molecule has 0 fully saturated rings. The number of anilines is 1. The fourth-order valence-corrected chi connectivity index (χ4v) is 3.72. The van der Waals surface area contributed by atoms with Crippen molar-refractivity contribution in [1.82, 2.24) is 10.2 Å². The molecular formula is C12H15N3O2S3. The monoisotopic (exact) mass is 329 g/mol. The molecule has 2 aromatic rings. The molecule has 0 spiro atoms. The first-order valence-electron chi connectivity index (χ1n) is 5.84. The van der Waals surface area contributed by atoms with Gasteiger partial charge in [-0.15, -0.1) is 10.2 Å². The lowest BCUT2D eigenvalue weighted by Gasteiger charge is -2.11. The minimum atomic E-state index is -0.567. The van der Waals surface area contributed by atoms with Crippen LogP contribution in [0.1, 0.15) is 0 Å². The van der Waals surface area contributed by atoms with E-state index in [0.29, 0.717) is 17.2 Å². The minimum absolute atomic E-state index is 0.227. The van der Waals surface area contributed by atoms with Crippen molar-refractivity contribution in [1.29, 1.82) is 0 Å². The number of aliphatic hydroxyl groups excluding tert-OH is 1. The Balaban J connectivity index is 1.73. The van der Waals surface area contributed by atoms with Crippen molar-refractivity contribution in [3.8, 4) is 5.75 Å². The maximum absolute atomic E-state index is 9.88. The van der Waals surface area contributed by atoms with Crippen molar-refractivity contribution in [3.63, 3.8) is 0 Å². The summed E-state index contributed by atoms with van der Waals surface area (Å²) in [5.74, 6) is 1.18. The van der Waals surface area contributed by atoms with Crippen LogP contribution in [-0.4, -0.2) is 40.0 Å². The van der Waals surface area contributed by atoms with Crippen molar-refractivity contribution in [2.24, 2.45) is 0 Å². The first kappa shape index (κ1) is 15.4. The summed E-state index contributed by atoms with van der Waals surface area (Å²) < 4.78 is 7.27. The van der Waals surface area contributed by atoms with E-state index in [1.54, 1.807) is 23.9 Å². The highest BCUT2D eigenvalue weighted by molar-refractivity contribution is 8.02. The summed E-state index contributed by atoms with van der Waals surface area (Å²) >= 11 is 4.57. The molecule has 0 aliphatic heterocycles. The zero-order chi connectivity index (χ0) is 14.4.